The van der Waals surface area contributed by atoms with E-state index < -0.39 is 0 Å². The maximum absolute atomic E-state index is 7.04. The molecule has 0 saturated heterocycles. The van der Waals surface area contributed by atoms with Gasteiger partial charge in [-0.3, -0.25) is 0 Å². The number of fused-ring (bicyclic) bond motifs is 4. The number of furan rings is 1. The van der Waals surface area contributed by atoms with Crippen molar-refractivity contribution < 1.29 is 4.42 Å². The highest BCUT2D eigenvalue weighted by molar-refractivity contribution is 6.15. The quantitative estimate of drug-likeness (QED) is 0.157. The number of hydrogen-bond donors (Lipinski definition) is 0. The molecule has 0 N–H and O–H groups in total. The molecule has 0 spiro atoms. The van der Waals surface area contributed by atoms with Crippen LogP contribution in [-0.2, 0) is 0 Å². The molecule has 0 bridgehead atoms. The van der Waals surface area contributed by atoms with Gasteiger partial charge in [-0.15, -0.1) is 0 Å². The normalized spacial score (nSPS) is 11.3. The average molecular weight is 705 g/mol. The second-order valence-corrected chi connectivity index (χ2v) is 13.7. The second kappa shape index (κ2) is 13.9. The molecule has 0 fully saturated rings. The Hall–Kier alpha value is -7.36. The SMILES string of the molecule is c1ccc(-c2ccccc2N(c2ccccc2)c2cc(N(c3ccccc3)c3ccccc3-c3ccccc3)c3oc4cc5ccccc5cc4c3c2)cc1. The van der Waals surface area contributed by atoms with E-state index in [2.05, 4.69) is 228 Å². The van der Waals surface area contributed by atoms with Crippen molar-refractivity contribution >= 4 is 66.8 Å². The summed E-state index contributed by atoms with van der Waals surface area (Å²) >= 11 is 0. The molecule has 0 aliphatic rings. The molecular formula is C52H36N2O. The van der Waals surface area contributed by atoms with Crippen LogP contribution in [0.3, 0.4) is 0 Å². The van der Waals surface area contributed by atoms with Crippen molar-refractivity contribution in [3.63, 3.8) is 0 Å². The molecule has 1 aromatic heterocycles. The molecule has 3 heteroatoms. The molecular weight excluding hydrogens is 669 g/mol. The fraction of sp³-hybridized carbons (Fsp3) is 0. The van der Waals surface area contributed by atoms with Crippen molar-refractivity contribution in [2.45, 2.75) is 0 Å². The lowest BCUT2D eigenvalue weighted by atomic mass is 10.00. The van der Waals surface area contributed by atoms with Gasteiger partial charge in [0.05, 0.1) is 17.1 Å². The predicted molar refractivity (Wildman–Crippen MR) is 231 cm³/mol. The summed E-state index contributed by atoms with van der Waals surface area (Å²) in [5.74, 6) is 0. The van der Waals surface area contributed by atoms with Gasteiger partial charge >= 0.3 is 0 Å². The van der Waals surface area contributed by atoms with Crippen LogP contribution in [0, 0.1) is 0 Å². The van der Waals surface area contributed by atoms with E-state index in [-0.39, 0.29) is 0 Å². The Morgan fingerprint density at radius 1 is 0.309 bits per heavy atom. The number of benzene rings is 9. The summed E-state index contributed by atoms with van der Waals surface area (Å²) in [6.45, 7) is 0. The monoisotopic (exact) mass is 704 g/mol. The Bertz CT molecular complexity index is 2920. The fourth-order valence-corrected chi connectivity index (χ4v) is 7.88. The maximum atomic E-state index is 7.04. The van der Waals surface area contributed by atoms with E-state index in [1.807, 2.05) is 0 Å². The Morgan fingerprint density at radius 3 is 1.35 bits per heavy atom. The first-order valence-electron chi connectivity index (χ1n) is 18.7. The number of hydrogen-bond acceptors (Lipinski definition) is 3. The molecule has 260 valence electrons. The maximum Gasteiger partial charge on any atom is 0.159 e. The van der Waals surface area contributed by atoms with Crippen LogP contribution >= 0.6 is 0 Å². The van der Waals surface area contributed by atoms with Crippen molar-refractivity contribution in [2.75, 3.05) is 9.80 Å². The molecule has 9 aromatic carbocycles. The van der Waals surface area contributed by atoms with Crippen molar-refractivity contribution in [3.8, 4) is 22.3 Å². The first kappa shape index (κ1) is 32.3. The van der Waals surface area contributed by atoms with Crippen molar-refractivity contribution in [1.82, 2.24) is 0 Å². The Balaban J connectivity index is 1.32. The van der Waals surface area contributed by atoms with Gasteiger partial charge in [-0.05, 0) is 82.6 Å². The van der Waals surface area contributed by atoms with Gasteiger partial charge in [0, 0.05) is 39.0 Å². The third kappa shape index (κ3) is 5.89. The van der Waals surface area contributed by atoms with Crippen LogP contribution < -0.4 is 9.80 Å². The van der Waals surface area contributed by atoms with Crippen LogP contribution in [0.15, 0.2) is 223 Å². The van der Waals surface area contributed by atoms with E-state index in [0.29, 0.717) is 0 Å². The summed E-state index contributed by atoms with van der Waals surface area (Å²) in [6, 6.07) is 77.5. The smallest absolute Gasteiger partial charge is 0.159 e. The molecule has 0 unspecified atom stereocenters. The van der Waals surface area contributed by atoms with Crippen molar-refractivity contribution in [1.29, 1.82) is 0 Å². The predicted octanol–water partition coefficient (Wildman–Crippen LogP) is 15.0. The highest BCUT2D eigenvalue weighted by Gasteiger charge is 2.26. The van der Waals surface area contributed by atoms with Gasteiger partial charge < -0.3 is 14.2 Å². The summed E-state index contributed by atoms with van der Waals surface area (Å²) < 4.78 is 7.04. The molecule has 1 heterocycles. The molecule has 0 amide bonds. The van der Waals surface area contributed by atoms with Gasteiger partial charge in [-0.1, -0.05) is 158 Å². The largest absolute Gasteiger partial charge is 0.454 e. The van der Waals surface area contributed by atoms with E-state index in [0.717, 1.165) is 83.7 Å². The highest BCUT2D eigenvalue weighted by Crippen LogP contribution is 2.50. The van der Waals surface area contributed by atoms with Crippen LogP contribution in [0.4, 0.5) is 34.1 Å². The Kier molecular flexibility index (Phi) is 8.16. The van der Waals surface area contributed by atoms with E-state index in [1.165, 1.54) is 5.39 Å². The number of anilines is 6. The van der Waals surface area contributed by atoms with E-state index >= 15 is 0 Å². The molecule has 10 aromatic rings. The average Bonchev–Trinajstić information content (AvgIpc) is 3.62. The summed E-state index contributed by atoms with van der Waals surface area (Å²) in [4.78, 5) is 4.75. The van der Waals surface area contributed by atoms with Gasteiger partial charge in [0.25, 0.3) is 0 Å². The van der Waals surface area contributed by atoms with Crippen LogP contribution in [0.25, 0.3) is 55.0 Å². The first-order valence-corrected chi connectivity index (χ1v) is 18.7. The zero-order valence-corrected chi connectivity index (χ0v) is 30.1. The van der Waals surface area contributed by atoms with Crippen molar-refractivity contribution in [2.24, 2.45) is 0 Å². The molecule has 0 atom stereocenters. The summed E-state index contributed by atoms with van der Waals surface area (Å²) in [5, 5.41) is 4.44. The minimum Gasteiger partial charge on any atom is -0.454 e. The van der Waals surface area contributed by atoms with Crippen molar-refractivity contribution in [3.05, 3.63) is 218 Å². The van der Waals surface area contributed by atoms with Crippen LogP contribution in [0.2, 0.25) is 0 Å². The van der Waals surface area contributed by atoms with Gasteiger partial charge in [-0.2, -0.15) is 0 Å². The second-order valence-electron chi connectivity index (χ2n) is 13.7. The molecule has 0 saturated carbocycles. The van der Waals surface area contributed by atoms with E-state index in [1.54, 1.807) is 0 Å². The standard InChI is InChI=1S/C52H36N2O/c1-5-19-37(20-6-1)44-29-15-17-31-48(44)53(41-25-9-3-10-26-41)43-35-47-46-33-39-23-13-14-24-40(39)34-51(46)55-52(47)50(36-43)54(42-27-11-4-12-28-42)49-32-18-16-30-45(49)38-21-7-2-8-22-38/h1-36H. The zero-order valence-electron chi connectivity index (χ0n) is 30.1. The van der Waals surface area contributed by atoms with Gasteiger partial charge in [0.15, 0.2) is 5.58 Å². The lowest BCUT2D eigenvalue weighted by molar-refractivity contribution is 0.669. The Labute approximate surface area is 320 Å². The topological polar surface area (TPSA) is 19.6 Å². The molecule has 55 heavy (non-hydrogen) atoms. The van der Waals surface area contributed by atoms with Gasteiger partial charge in [-0.25, -0.2) is 0 Å². The van der Waals surface area contributed by atoms with E-state index in [4.69, 9.17) is 4.42 Å². The minimum absolute atomic E-state index is 0.824. The highest BCUT2D eigenvalue weighted by atomic mass is 16.3. The molecule has 0 aliphatic carbocycles. The van der Waals surface area contributed by atoms with E-state index in [9.17, 15) is 0 Å². The number of rotatable bonds is 8. The molecule has 0 radical (unpaired) electrons. The zero-order chi connectivity index (χ0) is 36.6. The number of nitrogens with zero attached hydrogens (tertiary/aromatic N) is 2. The van der Waals surface area contributed by atoms with Crippen LogP contribution in [0.5, 0.6) is 0 Å². The minimum atomic E-state index is 0.824. The van der Waals surface area contributed by atoms with Crippen LogP contribution in [0.1, 0.15) is 0 Å². The first-order chi connectivity index (χ1) is 27.3. The summed E-state index contributed by atoms with van der Waals surface area (Å²) in [7, 11) is 0. The summed E-state index contributed by atoms with van der Waals surface area (Å²) in [6.07, 6.45) is 0. The molecule has 3 nitrogen and oxygen atoms in total. The lowest BCUT2D eigenvalue weighted by Crippen LogP contribution is -2.14. The summed E-state index contributed by atoms with van der Waals surface area (Å²) in [5.41, 5.74) is 12.4. The third-order valence-corrected chi connectivity index (χ3v) is 10.4. The van der Waals surface area contributed by atoms with Crippen LogP contribution in [-0.4, -0.2) is 0 Å². The Morgan fingerprint density at radius 2 is 0.764 bits per heavy atom. The fourth-order valence-electron chi connectivity index (χ4n) is 7.88. The third-order valence-electron chi connectivity index (χ3n) is 10.4. The number of para-hydroxylation sites is 4. The van der Waals surface area contributed by atoms with Gasteiger partial charge in [0.1, 0.15) is 5.58 Å². The van der Waals surface area contributed by atoms with Gasteiger partial charge in [0.2, 0.25) is 0 Å². The molecule has 10 rings (SSSR count). The molecule has 0 aliphatic heterocycles. The lowest BCUT2D eigenvalue weighted by Gasteiger charge is -2.31.